The zero-order valence-corrected chi connectivity index (χ0v) is 17.6. The SMILES string of the molecule is COCCCN1C(C)CN(S(=O)(=O)c2cc(C)c(C)cc2OC)CC1C. The van der Waals surface area contributed by atoms with Crippen LogP contribution in [0.15, 0.2) is 17.0 Å². The van der Waals surface area contributed by atoms with E-state index in [2.05, 4.69) is 18.7 Å². The molecule has 0 aromatic heterocycles. The van der Waals surface area contributed by atoms with Gasteiger partial charge >= 0.3 is 0 Å². The zero-order chi connectivity index (χ0) is 19.5. The van der Waals surface area contributed by atoms with E-state index in [1.54, 1.807) is 23.5 Å². The summed E-state index contributed by atoms with van der Waals surface area (Å²) in [4.78, 5) is 2.62. The highest BCUT2D eigenvalue weighted by Gasteiger charge is 2.37. The van der Waals surface area contributed by atoms with Gasteiger partial charge in [0, 0.05) is 45.4 Å². The highest BCUT2D eigenvalue weighted by Crippen LogP contribution is 2.31. The summed E-state index contributed by atoms with van der Waals surface area (Å²) in [6, 6.07) is 3.84. The van der Waals surface area contributed by atoms with Gasteiger partial charge in [-0.2, -0.15) is 4.31 Å². The van der Waals surface area contributed by atoms with E-state index in [1.165, 1.54) is 7.11 Å². The molecule has 0 saturated carbocycles. The van der Waals surface area contributed by atoms with Crippen molar-refractivity contribution in [3.63, 3.8) is 0 Å². The lowest BCUT2D eigenvalue weighted by atomic mass is 10.1. The molecule has 1 aromatic carbocycles. The van der Waals surface area contributed by atoms with Crippen molar-refractivity contribution in [1.82, 2.24) is 9.21 Å². The van der Waals surface area contributed by atoms with Crippen LogP contribution in [0.4, 0.5) is 0 Å². The first kappa shape index (κ1) is 21.2. The van der Waals surface area contributed by atoms with E-state index in [0.29, 0.717) is 18.8 Å². The molecular weight excluding hydrogens is 352 g/mol. The normalized spacial score (nSPS) is 22.5. The van der Waals surface area contributed by atoms with Crippen molar-refractivity contribution in [2.45, 2.75) is 51.1 Å². The van der Waals surface area contributed by atoms with Crippen molar-refractivity contribution < 1.29 is 17.9 Å². The van der Waals surface area contributed by atoms with Gasteiger partial charge in [0.15, 0.2) is 0 Å². The molecule has 1 aromatic rings. The smallest absolute Gasteiger partial charge is 0.246 e. The van der Waals surface area contributed by atoms with Crippen LogP contribution in [0.5, 0.6) is 5.75 Å². The Hall–Kier alpha value is -1.15. The first-order chi connectivity index (χ1) is 12.2. The molecule has 148 valence electrons. The molecule has 26 heavy (non-hydrogen) atoms. The second kappa shape index (κ2) is 8.69. The summed E-state index contributed by atoms with van der Waals surface area (Å²) in [7, 11) is -0.383. The number of rotatable bonds is 7. The Bertz CT molecular complexity index is 708. The molecule has 0 aliphatic carbocycles. The van der Waals surface area contributed by atoms with Gasteiger partial charge in [-0.3, -0.25) is 4.90 Å². The Morgan fingerprint density at radius 3 is 2.19 bits per heavy atom. The highest BCUT2D eigenvalue weighted by molar-refractivity contribution is 7.89. The van der Waals surface area contributed by atoms with E-state index >= 15 is 0 Å². The number of aryl methyl sites for hydroxylation is 2. The van der Waals surface area contributed by atoms with E-state index in [4.69, 9.17) is 9.47 Å². The standard InChI is InChI=1S/C19H32N2O4S/c1-14-10-18(25-6)19(11-15(14)2)26(22,23)20-12-16(3)21(17(4)13-20)8-7-9-24-5/h10-11,16-17H,7-9,12-13H2,1-6H3. The van der Waals surface area contributed by atoms with E-state index < -0.39 is 10.0 Å². The lowest BCUT2D eigenvalue weighted by Gasteiger charge is -2.43. The van der Waals surface area contributed by atoms with Crippen molar-refractivity contribution in [1.29, 1.82) is 0 Å². The van der Waals surface area contributed by atoms with Gasteiger partial charge in [-0.15, -0.1) is 0 Å². The second-order valence-corrected chi connectivity index (χ2v) is 9.10. The average Bonchev–Trinajstić information content (AvgIpc) is 2.59. The summed E-state index contributed by atoms with van der Waals surface area (Å²) in [5.41, 5.74) is 1.97. The van der Waals surface area contributed by atoms with Crippen molar-refractivity contribution >= 4 is 10.0 Å². The van der Waals surface area contributed by atoms with Crippen LogP contribution in [-0.4, -0.2) is 70.2 Å². The molecular formula is C19H32N2O4S. The summed E-state index contributed by atoms with van der Waals surface area (Å²) in [6.45, 7) is 10.6. The Balaban J connectivity index is 2.25. The van der Waals surface area contributed by atoms with Crippen molar-refractivity contribution in [2.24, 2.45) is 0 Å². The summed E-state index contributed by atoms with van der Waals surface area (Å²) < 4.78 is 38.7. The monoisotopic (exact) mass is 384 g/mol. The molecule has 0 bridgehead atoms. The molecule has 0 N–H and O–H groups in total. The first-order valence-corrected chi connectivity index (χ1v) is 10.6. The number of hydrogen-bond donors (Lipinski definition) is 0. The number of nitrogens with zero attached hydrogens (tertiary/aromatic N) is 2. The molecule has 2 rings (SSSR count). The highest BCUT2D eigenvalue weighted by atomic mass is 32.2. The summed E-state index contributed by atoms with van der Waals surface area (Å²) >= 11 is 0. The van der Waals surface area contributed by atoms with Crippen LogP contribution in [0, 0.1) is 13.8 Å². The minimum absolute atomic E-state index is 0.155. The fourth-order valence-electron chi connectivity index (χ4n) is 3.60. The van der Waals surface area contributed by atoms with Gasteiger partial charge < -0.3 is 9.47 Å². The Morgan fingerprint density at radius 1 is 1.08 bits per heavy atom. The molecule has 2 unspecified atom stereocenters. The molecule has 2 atom stereocenters. The molecule has 6 nitrogen and oxygen atoms in total. The van der Waals surface area contributed by atoms with Crippen molar-refractivity contribution in [3.8, 4) is 5.75 Å². The van der Waals surface area contributed by atoms with Crippen LogP contribution in [0.1, 0.15) is 31.4 Å². The maximum atomic E-state index is 13.3. The third kappa shape index (κ3) is 4.39. The lowest BCUT2D eigenvalue weighted by Crippen LogP contribution is -2.58. The molecule has 1 fully saturated rings. The maximum absolute atomic E-state index is 13.3. The van der Waals surface area contributed by atoms with Gasteiger partial charge in [0.25, 0.3) is 0 Å². The molecule has 1 heterocycles. The Morgan fingerprint density at radius 2 is 1.65 bits per heavy atom. The second-order valence-electron chi connectivity index (χ2n) is 7.19. The lowest BCUT2D eigenvalue weighted by molar-refractivity contribution is 0.0665. The third-order valence-electron chi connectivity index (χ3n) is 5.23. The topological polar surface area (TPSA) is 59.1 Å². The molecule has 0 amide bonds. The average molecular weight is 385 g/mol. The van der Waals surface area contributed by atoms with E-state index in [-0.39, 0.29) is 17.0 Å². The molecule has 7 heteroatoms. The van der Waals surface area contributed by atoms with E-state index in [9.17, 15) is 8.42 Å². The number of ether oxygens (including phenoxy) is 2. The molecule has 0 spiro atoms. The van der Waals surface area contributed by atoms with Crippen LogP contribution >= 0.6 is 0 Å². The Kier molecular flexibility index (Phi) is 7.07. The number of piperazine rings is 1. The summed E-state index contributed by atoms with van der Waals surface area (Å²) in [5.74, 6) is 0.413. The quantitative estimate of drug-likeness (QED) is 0.676. The fraction of sp³-hybridized carbons (Fsp3) is 0.684. The molecule has 1 aliphatic rings. The fourth-order valence-corrected chi connectivity index (χ4v) is 5.42. The van der Waals surface area contributed by atoms with Crippen molar-refractivity contribution in [2.75, 3.05) is 40.5 Å². The third-order valence-corrected chi connectivity index (χ3v) is 7.08. The van der Waals surface area contributed by atoms with Crippen LogP contribution in [0.2, 0.25) is 0 Å². The van der Waals surface area contributed by atoms with Gasteiger partial charge in [0.05, 0.1) is 7.11 Å². The van der Waals surface area contributed by atoms with Gasteiger partial charge in [0.1, 0.15) is 10.6 Å². The Labute approximate surface area is 158 Å². The number of benzene rings is 1. The van der Waals surface area contributed by atoms with Crippen LogP contribution in [-0.2, 0) is 14.8 Å². The van der Waals surface area contributed by atoms with Crippen LogP contribution < -0.4 is 4.74 Å². The summed E-state index contributed by atoms with van der Waals surface area (Å²) in [6.07, 6.45) is 0.947. The predicted molar refractivity (Wildman–Crippen MR) is 103 cm³/mol. The first-order valence-electron chi connectivity index (χ1n) is 9.12. The van der Waals surface area contributed by atoms with Gasteiger partial charge in [-0.05, 0) is 57.4 Å². The predicted octanol–water partition coefficient (Wildman–Crippen LogP) is 2.43. The van der Waals surface area contributed by atoms with E-state index in [1.807, 2.05) is 13.8 Å². The molecule has 1 aliphatic heterocycles. The van der Waals surface area contributed by atoms with Gasteiger partial charge in [0.2, 0.25) is 10.0 Å². The summed E-state index contributed by atoms with van der Waals surface area (Å²) in [5, 5.41) is 0. The number of hydrogen-bond acceptors (Lipinski definition) is 5. The molecule has 1 saturated heterocycles. The maximum Gasteiger partial charge on any atom is 0.246 e. The van der Waals surface area contributed by atoms with Gasteiger partial charge in [-0.1, -0.05) is 0 Å². The largest absolute Gasteiger partial charge is 0.495 e. The minimum Gasteiger partial charge on any atom is -0.495 e. The zero-order valence-electron chi connectivity index (χ0n) is 16.8. The van der Waals surface area contributed by atoms with E-state index in [0.717, 1.165) is 30.7 Å². The number of sulfonamides is 1. The van der Waals surface area contributed by atoms with Crippen LogP contribution in [0.25, 0.3) is 0 Å². The minimum atomic E-state index is -3.60. The van der Waals surface area contributed by atoms with Crippen molar-refractivity contribution in [3.05, 3.63) is 23.3 Å². The van der Waals surface area contributed by atoms with Crippen LogP contribution in [0.3, 0.4) is 0 Å². The molecule has 0 radical (unpaired) electrons. The number of methoxy groups -OCH3 is 2. The van der Waals surface area contributed by atoms with Gasteiger partial charge in [-0.25, -0.2) is 8.42 Å².